The first-order chi connectivity index (χ1) is 5.50. The highest BCUT2D eigenvalue weighted by molar-refractivity contribution is 5.95. The summed E-state index contributed by atoms with van der Waals surface area (Å²) in [5, 5.41) is 0. The molecule has 0 aromatic carbocycles. The molecule has 0 spiro atoms. The molecule has 0 aromatic rings. The van der Waals surface area contributed by atoms with E-state index in [0.29, 0.717) is 0 Å². The van der Waals surface area contributed by atoms with Crippen LogP contribution in [0.3, 0.4) is 0 Å². The summed E-state index contributed by atoms with van der Waals surface area (Å²) in [5.41, 5.74) is 0. The normalized spacial score (nSPS) is 9.67. The van der Waals surface area contributed by atoms with E-state index in [9.17, 15) is 9.59 Å². The molecule has 0 aliphatic heterocycles. The Bertz CT molecular complexity index is 197. The van der Waals surface area contributed by atoms with Crippen molar-refractivity contribution in [1.29, 1.82) is 0 Å². The molecule has 0 radical (unpaired) electrons. The molecule has 0 rings (SSSR count). The number of rotatable bonds is 3. The molecule has 0 N–H and O–H groups in total. The minimum Gasteiger partial charge on any atom is -0.280 e. The zero-order valence-electron chi connectivity index (χ0n) is 7.83. The minimum absolute atomic E-state index is 0.0741. The molecule has 0 aliphatic rings. The molecule has 2 amide bonds. The molecule has 0 heterocycles. The van der Waals surface area contributed by atoms with E-state index in [1.165, 1.54) is 17.9 Å². The minimum atomic E-state index is -0.211. The van der Waals surface area contributed by atoms with Gasteiger partial charge in [0.05, 0.1) is 0 Å². The predicted molar refractivity (Wildman–Crippen MR) is 47.5 cm³/mol. The maximum atomic E-state index is 11.3. The van der Waals surface area contributed by atoms with Gasteiger partial charge in [0.25, 0.3) is 0 Å². The third-order valence-corrected chi connectivity index (χ3v) is 1.44. The van der Waals surface area contributed by atoms with Crippen molar-refractivity contribution in [2.45, 2.75) is 33.2 Å². The third kappa shape index (κ3) is 2.86. The van der Waals surface area contributed by atoms with Crippen molar-refractivity contribution in [2.24, 2.45) is 0 Å². The van der Waals surface area contributed by atoms with Gasteiger partial charge in [-0.25, -0.2) is 0 Å². The van der Waals surface area contributed by atoms with Crippen LogP contribution in [0.1, 0.15) is 27.2 Å². The van der Waals surface area contributed by atoms with Crippen molar-refractivity contribution in [3.63, 3.8) is 0 Å². The highest BCUT2D eigenvalue weighted by Crippen LogP contribution is 2.02. The molecule has 0 bridgehead atoms. The summed E-state index contributed by atoms with van der Waals surface area (Å²) in [6.07, 6.45) is 1.72. The van der Waals surface area contributed by atoms with Crippen molar-refractivity contribution in [3.8, 4) is 0 Å². The summed E-state index contributed by atoms with van der Waals surface area (Å²) in [7, 11) is 0. The Balaban J connectivity index is 4.40. The molecule has 3 nitrogen and oxygen atoms in total. The van der Waals surface area contributed by atoms with Gasteiger partial charge in [0.1, 0.15) is 0 Å². The van der Waals surface area contributed by atoms with Gasteiger partial charge in [0.15, 0.2) is 0 Å². The van der Waals surface area contributed by atoms with E-state index in [1.54, 1.807) is 0 Å². The maximum Gasteiger partial charge on any atom is 0.233 e. The SMILES string of the molecule is C=CCC(=O)N(C(C)=O)C(C)C. The topological polar surface area (TPSA) is 37.4 Å². The third-order valence-electron chi connectivity index (χ3n) is 1.44. The van der Waals surface area contributed by atoms with Crippen molar-refractivity contribution in [1.82, 2.24) is 4.90 Å². The van der Waals surface area contributed by atoms with Crippen LogP contribution < -0.4 is 0 Å². The van der Waals surface area contributed by atoms with Gasteiger partial charge in [-0.15, -0.1) is 6.58 Å². The van der Waals surface area contributed by atoms with Crippen molar-refractivity contribution >= 4 is 11.8 Å². The average Bonchev–Trinajstić information content (AvgIpc) is 1.85. The summed E-state index contributed by atoms with van der Waals surface area (Å²) < 4.78 is 0. The molecule has 0 atom stereocenters. The van der Waals surface area contributed by atoms with Gasteiger partial charge in [-0.2, -0.15) is 0 Å². The molecule has 0 saturated carbocycles. The van der Waals surface area contributed by atoms with E-state index in [0.717, 1.165) is 0 Å². The Morgan fingerprint density at radius 1 is 1.50 bits per heavy atom. The van der Waals surface area contributed by atoms with Crippen LogP contribution in [0.25, 0.3) is 0 Å². The number of hydrogen-bond acceptors (Lipinski definition) is 2. The number of carbonyl (C=O) groups is 2. The van der Waals surface area contributed by atoms with Crippen LogP contribution in [0.4, 0.5) is 0 Å². The molecular formula is C9H15NO2. The smallest absolute Gasteiger partial charge is 0.233 e. The molecule has 0 fully saturated rings. The molecule has 68 valence electrons. The molecule has 0 unspecified atom stereocenters. The fourth-order valence-electron chi connectivity index (χ4n) is 1.05. The fraction of sp³-hybridized carbons (Fsp3) is 0.556. The highest BCUT2D eigenvalue weighted by atomic mass is 16.2. The van der Waals surface area contributed by atoms with E-state index in [2.05, 4.69) is 6.58 Å². The van der Waals surface area contributed by atoms with Crippen LogP contribution in [0.15, 0.2) is 12.7 Å². The second-order valence-corrected chi connectivity index (χ2v) is 2.87. The lowest BCUT2D eigenvalue weighted by Gasteiger charge is -2.22. The Morgan fingerprint density at radius 2 is 2.00 bits per heavy atom. The second-order valence-electron chi connectivity index (χ2n) is 2.87. The Morgan fingerprint density at radius 3 is 2.25 bits per heavy atom. The first-order valence-corrected chi connectivity index (χ1v) is 3.94. The van der Waals surface area contributed by atoms with Gasteiger partial charge in [-0.05, 0) is 13.8 Å². The van der Waals surface area contributed by atoms with E-state index < -0.39 is 0 Å². The van der Waals surface area contributed by atoms with Gasteiger partial charge in [-0.3, -0.25) is 14.5 Å². The maximum absolute atomic E-state index is 11.3. The number of carbonyl (C=O) groups excluding carboxylic acids is 2. The summed E-state index contributed by atoms with van der Waals surface area (Å²) in [6.45, 7) is 8.45. The summed E-state index contributed by atoms with van der Waals surface area (Å²) in [6, 6.07) is -0.0741. The van der Waals surface area contributed by atoms with Crippen molar-refractivity contribution in [2.75, 3.05) is 0 Å². The lowest BCUT2D eigenvalue weighted by Crippen LogP contribution is -2.40. The monoisotopic (exact) mass is 169 g/mol. The second kappa shape index (κ2) is 4.70. The van der Waals surface area contributed by atoms with Gasteiger partial charge >= 0.3 is 0 Å². The highest BCUT2D eigenvalue weighted by Gasteiger charge is 2.19. The fourth-order valence-corrected chi connectivity index (χ4v) is 1.05. The molecule has 12 heavy (non-hydrogen) atoms. The number of nitrogens with zero attached hydrogens (tertiary/aromatic N) is 1. The van der Waals surface area contributed by atoms with Crippen LogP contribution >= 0.6 is 0 Å². The van der Waals surface area contributed by atoms with E-state index >= 15 is 0 Å². The van der Waals surface area contributed by atoms with E-state index in [1.807, 2.05) is 13.8 Å². The molecule has 0 aromatic heterocycles. The first kappa shape index (κ1) is 10.9. The molecule has 0 saturated heterocycles. The van der Waals surface area contributed by atoms with Gasteiger partial charge in [-0.1, -0.05) is 6.08 Å². The standard InChI is InChI=1S/C9H15NO2/c1-5-6-9(12)10(7(2)3)8(4)11/h5,7H,1,6H2,2-4H3. The van der Waals surface area contributed by atoms with Crippen LogP contribution in [0, 0.1) is 0 Å². The van der Waals surface area contributed by atoms with Gasteiger partial charge in [0, 0.05) is 19.4 Å². The number of hydrogen-bond donors (Lipinski definition) is 0. The lowest BCUT2D eigenvalue weighted by molar-refractivity contribution is -0.144. The van der Waals surface area contributed by atoms with Gasteiger partial charge in [0.2, 0.25) is 11.8 Å². The Kier molecular flexibility index (Phi) is 4.26. The number of amides is 2. The summed E-state index contributed by atoms with van der Waals surface area (Å²) >= 11 is 0. The lowest BCUT2D eigenvalue weighted by atomic mass is 10.2. The van der Waals surface area contributed by atoms with Crippen molar-refractivity contribution in [3.05, 3.63) is 12.7 Å². The summed E-state index contributed by atoms with van der Waals surface area (Å²) in [5.74, 6) is -0.399. The molecule has 3 heteroatoms. The van der Waals surface area contributed by atoms with Crippen LogP contribution in [0.5, 0.6) is 0 Å². The average molecular weight is 169 g/mol. The number of imide groups is 1. The van der Waals surface area contributed by atoms with Crippen LogP contribution in [-0.4, -0.2) is 22.8 Å². The van der Waals surface area contributed by atoms with E-state index in [-0.39, 0.29) is 24.3 Å². The van der Waals surface area contributed by atoms with Crippen LogP contribution in [0.2, 0.25) is 0 Å². The van der Waals surface area contributed by atoms with E-state index in [4.69, 9.17) is 0 Å². The quantitative estimate of drug-likeness (QED) is 0.598. The van der Waals surface area contributed by atoms with Crippen molar-refractivity contribution < 1.29 is 9.59 Å². The van der Waals surface area contributed by atoms with Gasteiger partial charge < -0.3 is 0 Å². The molecular weight excluding hydrogens is 154 g/mol. The zero-order valence-corrected chi connectivity index (χ0v) is 7.83. The summed E-state index contributed by atoms with van der Waals surface area (Å²) in [4.78, 5) is 23.5. The Hall–Kier alpha value is -1.12. The largest absolute Gasteiger partial charge is 0.280 e. The first-order valence-electron chi connectivity index (χ1n) is 3.94. The zero-order chi connectivity index (χ0) is 9.72. The Labute approximate surface area is 73.1 Å². The van der Waals surface area contributed by atoms with Crippen LogP contribution in [-0.2, 0) is 9.59 Å². The predicted octanol–water partition coefficient (Wildman–Crippen LogP) is 1.35. The molecule has 0 aliphatic carbocycles.